The van der Waals surface area contributed by atoms with Gasteiger partial charge >= 0.3 is 0 Å². The fourth-order valence-electron chi connectivity index (χ4n) is 0.704. The molecule has 0 unspecified atom stereocenters. The van der Waals surface area contributed by atoms with Crippen LogP contribution >= 0.6 is 0 Å². The summed E-state index contributed by atoms with van der Waals surface area (Å²) in [4.78, 5) is 8.36. The molecule has 3 nitrogen and oxygen atoms in total. The number of carbonyl (C=O) groups is 1. The van der Waals surface area contributed by atoms with E-state index in [0.29, 0.717) is 0 Å². The van der Waals surface area contributed by atoms with Crippen LogP contribution in [0.1, 0.15) is 53.4 Å². The van der Waals surface area contributed by atoms with Crippen LogP contribution in [-0.4, -0.2) is 24.8 Å². The Kier molecular flexibility index (Phi) is 40.1. The Balaban J connectivity index is -0.000000138. The highest BCUT2D eigenvalue weighted by atomic mass is 16.5. The molecule has 0 saturated carbocycles. The SMILES string of the molecule is CCCCCC.CCOCC.O=CO. The molecule has 0 aliphatic carbocycles. The number of carboxylic acid groups (broad SMARTS) is 1. The Morgan fingerprint density at radius 3 is 1.36 bits per heavy atom. The van der Waals surface area contributed by atoms with Crippen molar-refractivity contribution in [1.82, 2.24) is 0 Å². The van der Waals surface area contributed by atoms with Gasteiger partial charge in [-0.2, -0.15) is 0 Å². The van der Waals surface area contributed by atoms with Crippen LogP contribution in [0.25, 0.3) is 0 Å². The van der Waals surface area contributed by atoms with E-state index in [0.717, 1.165) is 13.2 Å². The average molecular weight is 206 g/mol. The second kappa shape index (κ2) is 29.4. The van der Waals surface area contributed by atoms with E-state index < -0.39 is 0 Å². The molecule has 0 heterocycles. The zero-order chi connectivity index (χ0) is 11.7. The monoisotopic (exact) mass is 206 g/mol. The lowest BCUT2D eigenvalue weighted by Crippen LogP contribution is -1.84. The van der Waals surface area contributed by atoms with Gasteiger partial charge in [-0.3, -0.25) is 4.79 Å². The second-order valence-electron chi connectivity index (χ2n) is 2.59. The van der Waals surface area contributed by atoms with Crippen molar-refractivity contribution < 1.29 is 14.6 Å². The predicted molar refractivity (Wildman–Crippen MR) is 60.7 cm³/mol. The molecule has 0 amide bonds. The van der Waals surface area contributed by atoms with E-state index in [2.05, 4.69) is 13.8 Å². The molecule has 0 radical (unpaired) electrons. The maximum absolute atomic E-state index is 8.36. The zero-order valence-electron chi connectivity index (χ0n) is 10.1. The van der Waals surface area contributed by atoms with Crippen molar-refractivity contribution in [2.45, 2.75) is 53.4 Å². The van der Waals surface area contributed by atoms with Crippen LogP contribution in [0, 0.1) is 0 Å². The van der Waals surface area contributed by atoms with E-state index in [-0.39, 0.29) is 6.47 Å². The number of unbranched alkanes of at least 4 members (excludes halogenated alkanes) is 3. The predicted octanol–water partition coefficient (Wildman–Crippen LogP) is 3.33. The third kappa shape index (κ3) is 63.4. The number of hydrogen-bond donors (Lipinski definition) is 1. The fourth-order valence-corrected chi connectivity index (χ4v) is 0.704. The van der Waals surface area contributed by atoms with Gasteiger partial charge in [-0.05, 0) is 13.8 Å². The lowest BCUT2D eigenvalue weighted by atomic mass is 10.2. The normalized spacial score (nSPS) is 7.71. The first-order chi connectivity index (χ1) is 6.74. The topological polar surface area (TPSA) is 46.5 Å². The Hall–Kier alpha value is -0.570. The van der Waals surface area contributed by atoms with E-state index in [1.807, 2.05) is 13.8 Å². The summed E-state index contributed by atoms with van der Waals surface area (Å²) >= 11 is 0. The Morgan fingerprint density at radius 1 is 1.00 bits per heavy atom. The Labute approximate surface area is 88.5 Å². The maximum Gasteiger partial charge on any atom is 0.290 e. The first-order valence-electron chi connectivity index (χ1n) is 5.40. The molecule has 14 heavy (non-hydrogen) atoms. The molecule has 0 atom stereocenters. The van der Waals surface area contributed by atoms with Gasteiger partial charge in [0, 0.05) is 13.2 Å². The van der Waals surface area contributed by atoms with Crippen LogP contribution in [0.3, 0.4) is 0 Å². The number of rotatable bonds is 5. The molecule has 0 aliphatic heterocycles. The minimum Gasteiger partial charge on any atom is -0.483 e. The van der Waals surface area contributed by atoms with Crippen molar-refractivity contribution >= 4 is 6.47 Å². The van der Waals surface area contributed by atoms with Gasteiger partial charge in [0.05, 0.1) is 0 Å². The average Bonchev–Trinajstić information content (AvgIpc) is 2.18. The summed E-state index contributed by atoms with van der Waals surface area (Å²) in [6.45, 7) is 9.88. The van der Waals surface area contributed by atoms with Gasteiger partial charge < -0.3 is 9.84 Å². The molecule has 1 N–H and O–H groups in total. The van der Waals surface area contributed by atoms with Gasteiger partial charge in [-0.15, -0.1) is 0 Å². The molecule has 0 aromatic rings. The third-order valence-corrected chi connectivity index (χ3v) is 1.37. The molecule has 0 aliphatic rings. The molecule has 0 bridgehead atoms. The molecule has 88 valence electrons. The van der Waals surface area contributed by atoms with Crippen molar-refractivity contribution in [3.63, 3.8) is 0 Å². The van der Waals surface area contributed by atoms with Crippen molar-refractivity contribution in [1.29, 1.82) is 0 Å². The summed E-state index contributed by atoms with van der Waals surface area (Å²) in [5, 5.41) is 6.89. The van der Waals surface area contributed by atoms with E-state index in [4.69, 9.17) is 14.6 Å². The second-order valence-corrected chi connectivity index (χ2v) is 2.59. The van der Waals surface area contributed by atoms with E-state index >= 15 is 0 Å². The highest BCUT2D eigenvalue weighted by Crippen LogP contribution is 1.95. The van der Waals surface area contributed by atoms with Gasteiger partial charge in [-0.1, -0.05) is 39.5 Å². The summed E-state index contributed by atoms with van der Waals surface area (Å²) in [5.74, 6) is 0. The highest BCUT2D eigenvalue weighted by Gasteiger charge is 1.75. The molecule has 0 spiro atoms. The van der Waals surface area contributed by atoms with Crippen molar-refractivity contribution in [2.75, 3.05) is 13.2 Å². The van der Waals surface area contributed by atoms with Crippen LogP contribution < -0.4 is 0 Å². The van der Waals surface area contributed by atoms with Gasteiger partial charge in [0.25, 0.3) is 6.47 Å². The molecular weight excluding hydrogens is 180 g/mol. The van der Waals surface area contributed by atoms with E-state index in [1.165, 1.54) is 25.7 Å². The quantitative estimate of drug-likeness (QED) is 0.554. The fraction of sp³-hybridized carbons (Fsp3) is 0.909. The smallest absolute Gasteiger partial charge is 0.290 e. The van der Waals surface area contributed by atoms with Crippen molar-refractivity contribution in [3.05, 3.63) is 0 Å². The van der Waals surface area contributed by atoms with Crippen LogP contribution in [0.5, 0.6) is 0 Å². The maximum atomic E-state index is 8.36. The Morgan fingerprint density at radius 2 is 1.29 bits per heavy atom. The van der Waals surface area contributed by atoms with Crippen molar-refractivity contribution in [3.8, 4) is 0 Å². The van der Waals surface area contributed by atoms with Crippen LogP contribution in [0.4, 0.5) is 0 Å². The van der Waals surface area contributed by atoms with Gasteiger partial charge in [0.15, 0.2) is 0 Å². The highest BCUT2D eigenvalue weighted by molar-refractivity contribution is 5.32. The lowest BCUT2D eigenvalue weighted by molar-refractivity contribution is -0.122. The number of hydrogen-bond acceptors (Lipinski definition) is 2. The summed E-state index contributed by atoms with van der Waals surface area (Å²) in [6.07, 6.45) is 5.54. The summed E-state index contributed by atoms with van der Waals surface area (Å²) in [5.41, 5.74) is 0. The molecule has 0 saturated heterocycles. The van der Waals surface area contributed by atoms with Crippen LogP contribution in [-0.2, 0) is 9.53 Å². The van der Waals surface area contributed by atoms with Crippen LogP contribution in [0.15, 0.2) is 0 Å². The van der Waals surface area contributed by atoms with Crippen molar-refractivity contribution in [2.24, 2.45) is 0 Å². The molecule has 0 aromatic carbocycles. The molecule has 3 heteroatoms. The largest absolute Gasteiger partial charge is 0.483 e. The summed E-state index contributed by atoms with van der Waals surface area (Å²) < 4.78 is 4.83. The lowest BCUT2D eigenvalue weighted by Gasteiger charge is -1.86. The Bertz CT molecular complexity index is 68.9. The minimum absolute atomic E-state index is 0.250. The summed E-state index contributed by atoms with van der Waals surface area (Å²) in [6, 6.07) is 0. The molecular formula is C11H26O3. The minimum atomic E-state index is -0.250. The molecule has 0 rings (SSSR count). The standard InChI is InChI=1S/C6H14.C4H10O.CH2O2/c1-3-5-6-4-2;1-3-5-4-2;2-1-3/h3-6H2,1-2H3;3-4H2,1-2H3;1H,(H,2,3). The zero-order valence-corrected chi connectivity index (χ0v) is 10.1. The van der Waals surface area contributed by atoms with Gasteiger partial charge in [-0.25, -0.2) is 0 Å². The third-order valence-electron chi connectivity index (χ3n) is 1.37. The summed E-state index contributed by atoms with van der Waals surface area (Å²) in [7, 11) is 0. The molecule has 0 aromatic heterocycles. The molecule has 0 fully saturated rings. The van der Waals surface area contributed by atoms with Gasteiger partial charge in [0.2, 0.25) is 0 Å². The van der Waals surface area contributed by atoms with E-state index in [1.54, 1.807) is 0 Å². The number of ether oxygens (including phenoxy) is 1. The van der Waals surface area contributed by atoms with E-state index in [9.17, 15) is 0 Å². The first kappa shape index (κ1) is 19.1. The van der Waals surface area contributed by atoms with Crippen LogP contribution in [0.2, 0.25) is 0 Å². The van der Waals surface area contributed by atoms with Gasteiger partial charge in [0.1, 0.15) is 0 Å². The first-order valence-corrected chi connectivity index (χ1v) is 5.40.